The van der Waals surface area contributed by atoms with Crippen LogP contribution in [0.5, 0.6) is 0 Å². The van der Waals surface area contributed by atoms with Crippen LogP contribution in [0.4, 0.5) is 5.69 Å². The van der Waals surface area contributed by atoms with Crippen LogP contribution in [0.15, 0.2) is 140 Å². The highest BCUT2D eigenvalue weighted by Gasteiger charge is 2.20. The van der Waals surface area contributed by atoms with Gasteiger partial charge in [0.15, 0.2) is 10.6 Å². The highest BCUT2D eigenvalue weighted by molar-refractivity contribution is 7.23. The van der Waals surface area contributed by atoms with Gasteiger partial charge in [-0.3, -0.25) is 4.40 Å². The van der Waals surface area contributed by atoms with Crippen LogP contribution in [-0.4, -0.2) is 18.9 Å². The van der Waals surface area contributed by atoms with Crippen LogP contribution in [0.3, 0.4) is 0 Å². The summed E-state index contributed by atoms with van der Waals surface area (Å²) in [6, 6.07) is 48.5. The van der Waals surface area contributed by atoms with E-state index < -0.39 is 0 Å². The first kappa shape index (κ1) is 26.0. The average molecular weight is 618 g/mol. The number of hydrogen-bond donors (Lipinski definition) is 0. The van der Waals surface area contributed by atoms with Crippen LogP contribution >= 0.6 is 11.3 Å². The Morgan fingerprint density at radius 3 is 2.21 bits per heavy atom. The van der Waals surface area contributed by atoms with Gasteiger partial charge in [-0.15, -0.1) is 0 Å². The van der Waals surface area contributed by atoms with Gasteiger partial charge in [-0.2, -0.15) is 0 Å². The Bertz CT molecular complexity index is 2900. The molecule has 0 aliphatic heterocycles. The molecule has 0 saturated heterocycles. The molecule has 10 rings (SSSR count). The lowest BCUT2D eigenvalue weighted by molar-refractivity contribution is 1.18. The van der Waals surface area contributed by atoms with Gasteiger partial charge in [-0.25, -0.2) is 14.8 Å². The van der Waals surface area contributed by atoms with Crippen molar-refractivity contribution < 1.29 is 0 Å². The van der Waals surface area contributed by atoms with Crippen LogP contribution < -0.4 is 0 Å². The van der Waals surface area contributed by atoms with E-state index >= 15 is 0 Å². The third-order valence-corrected chi connectivity index (χ3v) is 10.2. The van der Waals surface area contributed by atoms with Crippen LogP contribution in [0.2, 0.25) is 0 Å². The molecule has 4 heterocycles. The molecule has 0 spiro atoms. The van der Waals surface area contributed by atoms with Gasteiger partial charge in [-0.1, -0.05) is 102 Å². The molecule has 0 radical (unpaired) electrons. The molecule has 0 fully saturated rings. The average Bonchev–Trinajstić information content (AvgIpc) is 3.79. The van der Waals surface area contributed by atoms with Crippen molar-refractivity contribution in [2.75, 3.05) is 0 Å². The number of pyridine rings is 1. The predicted octanol–water partition coefficient (Wildman–Crippen LogP) is 11.2. The second-order valence-electron chi connectivity index (χ2n) is 11.8. The van der Waals surface area contributed by atoms with Crippen LogP contribution in [-0.2, 0) is 0 Å². The molecule has 0 unspecified atom stereocenters. The van der Waals surface area contributed by atoms with Crippen molar-refractivity contribution >= 4 is 75.9 Å². The number of hydrogen-bond acceptors (Lipinski definition) is 3. The maximum absolute atomic E-state index is 7.60. The summed E-state index contributed by atoms with van der Waals surface area (Å²) in [5, 5.41) is 3.35. The van der Waals surface area contributed by atoms with E-state index in [4.69, 9.17) is 16.5 Å². The van der Waals surface area contributed by atoms with Crippen molar-refractivity contribution in [2.45, 2.75) is 0 Å². The fourth-order valence-corrected chi connectivity index (χ4v) is 8.03. The third kappa shape index (κ3) is 3.81. The number of para-hydroxylation sites is 3. The SMILES string of the molecule is [C-]#[N+]c1ccc2c3cc(-c4ccc(-c5nc6ccccc6c6nc7sc8ccccc8n7c56)cc4)ccc3n(-c3ccccc3)c2c1. The largest absolute Gasteiger partial charge is 0.311 e. The van der Waals surface area contributed by atoms with E-state index in [1.165, 1.54) is 4.70 Å². The Morgan fingerprint density at radius 1 is 0.574 bits per heavy atom. The quantitative estimate of drug-likeness (QED) is 0.185. The third-order valence-electron chi connectivity index (χ3n) is 9.15. The summed E-state index contributed by atoms with van der Waals surface area (Å²) >= 11 is 1.71. The molecule has 6 aromatic carbocycles. The Labute approximate surface area is 273 Å². The standard InChI is InChI=1S/C41H23N5S/c1-42-28-20-21-30-32-23-27(19-22-34(32)45(36(30)24-28)29-9-3-2-4-10-29)25-15-17-26(18-16-25)38-40-39(31-11-5-6-12-33(31)43-38)44-41-46(40)35-13-7-8-14-37(35)47-41/h2-24H. The molecular formula is C41H23N5S. The number of aromatic nitrogens is 4. The minimum Gasteiger partial charge on any atom is -0.311 e. The number of benzene rings is 6. The Morgan fingerprint density at radius 2 is 1.34 bits per heavy atom. The summed E-state index contributed by atoms with van der Waals surface area (Å²) in [4.78, 5) is 15.1. The van der Waals surface area contributed by atoms with Gasteiger partial charge in [0.1, 0.15) is 11.0 Å². The lowest BCUT2D eigenvalue weighted by Crippen LogP contribution is -1.93. The molecular weight excluding hydrogens is 595 g/mol. The Hall–Kier alpha value is -6.29. The molecule has 0 N–H and O–H groups in total. The molecule has 0 atom stereocenters. The van der Waals surface area contributed by atoms with Crippen LogP contribution in [0.1, 0.15) is 0 Å². The Kier molecular flexibility index (Phi) is 5.45. The first-order chi connectivity index (χ1) is 23.2. The van der Waals surface area contributed by atoms with E-state index in [1.807, 2.05) is 24.3 Å². The lowest BCUT2D eigenvalue weighted by atomic mass is 10.00. The van der Waals surface area contributed by atoms with Gasteiger partial charge in [0, 0.05) is 32.9 Å². The summed E-state index contributed by atoms with van der Waals surface area (Å²) < 4.78 is 5.73. The zero-order chi connectivity index (χ0) is 31.1. The zero-order valence-electron chi connectivity index (χ0n) is 24.9. The molecule has 0 bridgehead atoms. The molecule has 47 heavy (non-hydrogen) atoms. The smallest absolute Gasteiger partial charge is 0.195 e. The van der Waals surface area contributed by atoms with Crippen LogP contribution in [0, 0.1) is 6.57 Å². The summed E-state index contributed by atoms with van der Waals surface area (Å²) in [6.45, 7) is 7.60. The van der Waals surface area contributed by atoms with Crippen LogP contribution in [0.25, 0.3) is 91.8 Å². The summed E-state index contributed by atoms with van der Waals surface area (Å²) in [5.41, 5.74) is 12.2. The molecule has 0 amide bonds. The summed E-state index contributed by atoms with van der Waals surface area (Å²) in [7, 11) is 0. The van der Waals surface area contributed by atoms with Gasteiger partial charge in [-0.05, 0) is 59.7 Å². The second kappa shape index (κ2) is 9.85. The van der Waals surface area contributed by atoms with Gasteiger partial charge in [0.2, 0.25) is 0 Å². The molecule has 10 aromatic rings. The Balaban J connectivity index is 1.15. The summed E-state index contributed by atoms with van der Waals surface area (Å²) in [5.74, 6) is 0. The molecule has 5 nitrogen and oxygen atoms in total. The van der Waals surface area contributed by atoms with Crippen molar-refractivity contribution in [1.29, 1.82) is 0 Å². The van der Waals surface area contributed by atoms with E-state index in [0.717, 1.165) is 82.3 Å². The zero-order valence-corrected chi connectivity index (χ0v) is 25.7. The molecule has 4 aromatic heterocycles. The topological polar surface area (TPSA) is 39.5 Å². The van der Waals surface area contributed by atoms with E-state index in [9.17, 15) is 0 Å². The van der Waals surface area contributed by atoms with Gasteiger partial charge in [0.05, 0.1) is 33.5 Å². The lowest BCUT2D eigenvalue weighted by Gasteiger charge is -2.10. The first-order valence-corrected chi connectivity index (χ1v) is 16.3. The number of nitrogens with zero attached hydrogens (tertiary/aromatic N) is 5. The van der Waals surface area contributed by atoms with Crippen molar-refractivity contribution in [3.63, 3.8) is 0 Å². The van der Waals surface area contributed by atoms with Gasteiger partial charge in [0.25, 0.3) is 0 Å². The number of rotatable bonds is 3. The molecule has 218 valence electrons. The highest BCUT2D eigenvalue weighted by atomic mass is 32.1. The first-order valence-electron chi connectivity index (χ1n) is 15.5. The minimum atomic E-state index is 0.635. The molecule has 6 heteroatoms. The normalized spacial score (nSPS) is 11.8. The van der Waals surface area contributed by atoms with E-state index in [0.29, 0.717) is 5.69 Å². The van der Waals surface area contributed by atoms with E-state index in [2.05, 4.69) is 129 Å². The van der Waals surface area contributed by atoms with E-state index in [-0.39, 0.29) is 0 Å². The van der Waals surface area contributed by atoms with Crippen molar-refractivity contribution in [2.24, 2.45) is 0 Å². The van der Waals surface area contributed by atoms with E-state index in [1.54, 1.807) is 11.3 Å². The maximum atomic E-state index is 7.60. The number of imidazole rings is 1. The fraction of sp³-hybridized carbons (Fsp3) is 0. The maximum Gasteiger partial charge on any atom is 0.195 e. The van der Waals surface area contributed by atoms with Crippen molar-refractivity contribution in [3.05, 3.63) is 151 Å². The molecule has 0 saturated carbocycles. The van der Waals surface area contributed by atoms with Gasteiger partial charge < -0.3 is 4.57 Å². The fourth-order valence-electron chi connectivity index (χ4n) is 7.00. The summed E-state index contributed by atoms with van der Waals surface area (Å²) in [6.07, 6.45) is 0. The second-order valence-corrected chi connectivity index (χ2v) is 12.8. The minimum absolute atomic E-state index is 0.635. The number of thiazole rings is 1. The van der Waals surface area contributed by atoms with Crippen molar-refractivity contribution in [3.8, 4) is 28.1 Å². The van der Waals surface area contributed by atoms with Gasteiger partial charge >= 0.3 is 0 Å². The predicted molar refractivity (Wildman–Crippen MR) is 195 cm³/mol. The molecule has 0 aliphatic carbocycles. The monoisotopic (exact) mass is 617 g/mol. The number of fused-ring (bicyclic) bond motifs is 10. The molecule has 0 aliphatic rings. The highest BCUT2D eigenvalue weighted by Crippen LogP contribution is 2.40. The van der Waals surface area contributed by atoms with Crippen molar-refractivity contribution in [1.82, 2.24) is 18.9 Å².